The molecule has 1 amide bonds. The number of rotatable bonds is 5. The Bertz CT molecular complexity index is 1090. The monoisotopic (exact) mass is 361 g/mol. The maximum atomic E-state index is 13.6. The highest BCUT2D eigenvalue weighted by atomic mass is 19.1. The van der Waals surface area contributed by atoms with Gasteiger partial charge in [0, 0.05) is 30.7 Å². The Kier molecular flexibility index (Phi) is 4.57. The van der Waals surface area contributed by atoms with E-state index in [-0.39, 0.29) is 11.7 Å². The maximum Gasteiger partial charge on any atom is 0.252 e. The van der Waals surface area contributed by atoms with E-state index in [1.165, 1.54) is 6.07 Å². The Morgan fingerprint density at radius 2 is 1.96 bits per heavy atom. The Morgan fingerprint density at radius 3 is 2.78 bits per heavy atom. The zero-order valence-corrected chi connectivity index (χ0v) is 14.3. The van der Waals surface area contributed by atoms with Gasteiger partial charge in [-0.05, 0) is 42.3 Å². The Hall–Kier alpha value is -3.61. The number of pyridine rings is 2. The van der Waals surface area contributed by atoms with Gasteiger partial charge in [0.2, 0.25) is 0 Å². The molecule has 0 saturated heterocycles. The van der Waals surface area contributed by atoms with Gasteiger partial charge in [0.1, 0.15) is 5.82 Å². The van der Waals surface area contributed by atoms with E-state index >= 15 is 0 Å². The summed E-state index contributed by atoms with van der Waals surface area (Å²) in [5.74, 6) is 0.108. The second-order valence-electron chi connectivity index (χ2n) is 6.01. The van der Waals surface area contributed by atoms with Crippen LogP contribution in [0.15, 0.2) is 67.1 Å². The molecule has 7 heteroatoms. The lowest BCUT2D eigenvalue weighted by atomic mass is 10.1. The number of nitrogens with one attached hydrogen (secondary N) is 1. The fourth-order valence-electron chi connectivity index (χ4n) is 2.83. The first kappa shape index (κ1) is 16.8. The van der Waals surface area contributed by atoms with Crippen LogP contribution in [-0.2, 0) is 6.42 Å². The number of benzene rings is 1. The van der Waals surface area contributed by atoms with Crippen LogP contribution >= 0.6 is 0 Å². The van der Waals surface area contributed by atoms with Crippen LogP contribution in [0.25, 0.3) is 17.0 Å². The molecule has 3 aromatic heterocycles. The average Bonchev–Trinajstić information content (AvgIpc) is 3.13. The van der Waals surface area contributed by atoms with Crippen molar-refractivity contribution in [1.29, 1.82) is 0 Å². The van der Waals surface area contributed by atoms with E-state index in [0.717, 1.165) is 5.56 Å². The van der Waals surface area contributed by atoms with Crippen molar-refractivity contribution >= 4 is 11.6 Å². The largest absolute Gasteiger partial charge is 0.352 e. The molecule has 0 unspecified atom stereocenters. The number of aromatic nitrogens is 4. The number of carbonyl (C=O) groups excluding carboxylic acids is 1. The summed E-state index contributed by atoms with van der Waals surface area (Å²) in [5.41, 5.74) is 2.49. The predicted molar refractivity (Wildman–Crippen MR) is 98.7 cm³/mol. The predicted octanol–water partition coefficient (Wildman–Crippen LogP) is 2.90. The van der Waals surface area contributed by atoms with E-state index < -0.39 is 0 Å². The summed E-state index contributed by atoms with van der Waals surface area (Å²) in [5, 5.41) is 11.1. The number of amides is 1. The van der Waals surface area contributed by atoms with Crippen LogP contribution < -0.4 is 5.32 Å². The molecule has 0 atom stereocenters. The highest BCUT2D eigenvalue weighted by Gasteiger charge is 2.12. The van der Waals surface area contributed by atoms with Crippen molar-refractivity contribution < 1.29 is 9.18 Å². The van der Waals surface area contributed by atoms with Crippen molar-refractivity contribution in [2.75, 3.05) is 6.54 Å². The first-order valence-corrected chi connectivity index (χ1v) is 8.49. The van der Waals surface area contributed by atoms with Gasteiger partial charge in [0.25, 0.3) is 5.91 Å². The van der Waals surface area contributed by atoms with Gasteiger partial charge < -0.3 is 5.32 Å². The molecule has 134 valence electrons. The van der Waals surface area contributed by atoms with Crippen LogP contribution in [0.1, 0.15) is 15.9 Å². The first-order valence-electron chi connectivity index (χ1n) is 8.49. The third-order valence-electron chi connectivity index (χ3n) is 4.22. The molecule has 0 radical (unpaired) electrons. The van der Waals surface area contributed by atoms with Gasteiger partial charge in [0.05, 0.1) is 5.56 Å². The standard InChI is InChI=1S/C20H16FN5O/c21-17-6-2-1-4-14(17)9-11-23-20(27)16-7-8-18-24-25-19(26(18)13-16)15-5-3-10-22-12-15/h1-8,10,12-13H,9,11H2,(H,23,27). The number of nitrogens with zero attached hydrogens (tertiary/aromatic N) is 4. The molecule has 6 nitrogen and oxygen atoms in total. The maximum absolute atomic E-state index is 13.6. The molecule has 4 rings (SSSR count). The van der Waals surface area contributed by atoms with E-state index in [1.807, 2.05) is 12.1 Å². The smallest absolute Gasteiger partial charge is 0.252 e. The topological polar surface area (TPSA) is 72.2 Å². The van der Waals surface area contributed by atoms with Gasteiger partial charge in [-0.1, -0.05) is 18.2 Å². The number of halogens is 1. The van der Waals surface area contributed by atoms with Crippen molar-refractivity contribution in [2.45, 2.75) is 6.42 Å². The molecule has 4 aromatic rings. The van der Waals surface area contributed by atoms with Crippen LogP contribution in [0.5, 0.6) is 0 Å². The van der Waals surface area contributed by atoms with E-state index in [2.05, 4.69) is 20.5 Å². The number of hydrogen-bond acceptors (Lipinski definition) is 4. The summed E-state index contributed by atoms with van der Waals surface area (Å²) in [6, 6.07) is 13.7. The lowest BCUT2D eigenvalue weighted by Crippen LogP contribution is -2.26. The molecule has 0 saturated carbocycles. The van der Waals surface area contributed by atoms with Gasteiger partial charge in [-0.2, -0.15) is 0 Å². The van der Waals surface area contributed by atoms with Gasteiger partial charge in [-0.25, -0.2) is 4.39 Å². The van der Waals surface area contributed by atoms with Gasteiger partial charge >= 0.3 is 0 Å². The third kappa shape index (κ3) is 3.52. The van der Waals surface area contributed by atoms with Crippen LogP contribution in [-0.4, -0.2) is 32.0 Å². The summed E-state index contributed by atoms with van der Waals surface area (Å²) < 4.78 is 15.4. The second kappa shape index (κ2) is 7.33. The molecular weight excluding hydrogens is 345 g/mol. The summed E-state index contributed by atoms with van der Waals surface area (Å²) in [6.45, 7) is 0.343. The first-order chi connectivity index (χ1) is 13.2. The molecular formula is C20H16FN5O. The fourth-order valence-corrected chi connectivity index (χ4v) is 2.83. The van der Waals surface area contributed by atoms with Crippen LogP contribution in [0.4, 0.5) is 4.39 Å². The normalized spacial score (nSPS) is 10.9. The van der Waals surface area contributed by atoms with Gasteiger partial charge in [0.15, 0.2) is 11.5 Å². The zero-order chi connectivity index (χ0) is 18.6. The van der Waals surface area contributed by atoms with E-state index in [9.17, 15) is 9.18 Å². The minimum atomic E-state index is -0.265. The highest BCUT2D eigenvalue weighted by Crippen LogP contribution is 2.17. The molecule has 3 heterocycles. The Morgan fingerprint density at radius 1 is 1.07 bits per heavy atom. The Balaban J connectivity index is 1.51. The third-order valence-corrected chi connectivity index (χ3v) is 4.22. The van der Waals surface area contributed by atoms with Crippen molar-refractivity contribution in [2.24, 2.45) is 0 Å². The van der Waals surface area contributed by atoms with E-state index in [4.69, 9.17) is 0 Å². The van der Waals surface area contributed by atoms with Gasteiger partial charge in [-0.3, -0.25) is 14.2 Å². The van der Waals surface area contributed by atoms with Crippen LogP contribution in [0, 0.1) is 5.82 Å². The molecule has 0 bridgehead atoms. The quantitative estimate of drug-likeness (QED) is 0.593. The summed E-state index contributed by atoms with van der Waals surface area (Å²) >= 11 is 0. The van der Waals surface area contributed by atoms with Crippen LogP contribution in [0.3, 0.4) is 0 Å². The van der Waals surface area contributed by atoms with Crippen LogP contribution in [0.2, 0.25) is 0 Å². The average molecular weight is 361 g/mol. The molecule has 0 aliphatic carbocycles. The Labute approximate surface area is 154 Å². The van der Waals surface area contributed by atoms with Crippen molar-refractivity contribution in [3.63, 3.8) is 0 Å². The minimum Gasteiger partial charge on any atom is -0.352 e. The van der Waals surface area contributed by atoms with E-state index in [0.29, 0.717) is 35.6 Å². The molecule has 0 aliphatic rings. The number of carbonyl (C=O) groups is 1. The van der Waals surface area contributed by atoms with Crippen molar-refractivity contribution in [3.8, 4) is 11.4 Å². The lowest BCUT2D eigenvalue weighted by molar-refractivity contribution is 0.0953. The molecule has 1 N–H and O–H groups in total. The molecule has 0 fully saturated rings. The van der Waals surface area contributed by atoms with E-state index in [1.54, 1.807) is 53.3 Å². The second-order valence-corrected chi connectivity index (χ2v) is 6.01. The summed E-state index contributed by atoms with van der Waals surface area (Å²) in [6.07, 6.45) is 5.49. The fraction of sp³-hybridized carbons (Fsp3) is 0.100. The van der Waals surface area contributed by atoms with Crippen molar-refractivity contribution in [1.82, 2.24) is 24.9 Å². The molecule has 0 spiro atoms. The minimum absolute atomic E-state index is 0.237. The summed E-state index contributed by atoms with van der Waals surface area (Å²) in [7, 11) is 0. The number of hydrogen-bond donors (Lipinski definition) is 1. The van der Waals surface area contributed by atoms with Gasteiger partial charge in [-0.15, -0.1) is 10.2 Å². The highest BCUT2D eigenvalue weighted by molar-refractivity contribution is 5.94. The molecule has 0 aliphatic heterocycles. The molecule has 27 heavy (non-hydrogen) atoms. The zero-order valence-electron chi connectivity index (χ0n) is 14.3. The SMILES string of the molecule is O=C(NCCc1ccccc1F)c1ccc2nnc(-c3cccnc3)n2c1. The number of fused-ring (bicyclic) bond motifs is 1. The van der Waals surface area contributed by atoms with Crippen molar-refractivity contribution in [3.05, 3.63) is 84.1 Å². The summed E-state index contributed by atoms with van der Waals surface area (Å²) in [4.78, 5) is 16.6. The lowest BCUT2D eigenvalue weighted by Gasteiger charge is -2.07. The molecule has 1 aromatic carbocycles.